The quantitative estimate of drug-likeness (QED) is 0.607. The van der Waals surface area contributed by atoms with Crippen molar-refractivity contribution in [3.05, 3.63) is 35.9 Å². The molecule has 4 rings (SSSR count). The minimum absolute atomic E-state index is 0.450. The van der Waals surface area contributed by atoms with E-state index in [9.17, 15) is 0 Å². The molecule has 0 amide bonds. The third-order valence-corrected chi connectivity index (χ3v) is 6.67. The molecule has 2 atom stereocenters. The van der Waals surface area contributed by atoms with Gasteiger partial charge in [-0.2, -0.15) is 0 Å². The van der Waals surface area contributed by atoms with Crippen LogP contribution >= 0.6 is 0 Å². The summed E-state index contributed by atoms with van der Waals surface area (Å²) in [5.41, 5.74) is 1.49. The number of likely N-dealkylation sites (tertiary alicyclic amines) is 1. The maximum absolute atomic E-state index is 6.21. The first-order valence-corrected chi connectivity index (χ1v) is 11.0. The summed E-state index contributed by atoms with van der Waals surface area (Å²) in [6.45, 7) is 4.13. The van der Waals surface area contributed by atoms with Gasteiger partial charge >= 0.3 is 0 Å². The molecule has 4 heteroatoms. The Hall–Kier alpha value is -1.55. The van der Waals surface area contributed by atoms with Crippen molar-refractivity contribution in [1.82, 2.24) is 10.2 Å². The van der Waals surface area contributed by atoms with Crippen LogP contribution in [0.1, 0.15) is 56.4 Å². The molecule has 1 aromatic carbocycles. The van der Waals surface area contributed by atoms with Gasteiger partial charge in [-0.15, -0.1) is 0 Å². The Balaban J connectivity index is 1.16. The molecule has 4 nitrogen and oxygen atoms in total. The van der Waals surface area contributed by atoms with Crippen LogP contribution in [-0.2, 0) is 4.74 Å². The minimum Gasteiger partial charge on any atom is -0.378 e. The molecule has 3 aliphatic rings. The maximum atomic E-state index is 6.21. The molecule has 27 heavy (non-hydrogen) atoms. The van der Waals surface area contributed by atoms with Crippen LogP contribution in [0.2, 0.25) is 0 Å². The summed E-state index contributed by atoms with van der Waals surface area (Å²) >= 11 is 0. The predicted molar refractivity (Wildman–Crippen MR) is 111 cm³/mol. The first-order chi connectivity index (χ1) is 13.3. The summed E-state index contributed by atoms with van der Waals surface area (Å²) in [5, 5.41) is 3.63. The van der Waals surface area contributed by atoms with E-state index >= 15 is 0 Å². The molecule has 2 aliphatic carbocycles. The molecule has 1 aromatic rings. The van der Waals surface area contributed by atoms with Crippen molar-refractivity contribution in [3.63, 3.8) is 0 Å². The Morgan fingerprint density at radius 1 is 1.11 bits per heavy atom. The fourth-order valence-corrected chi connectivity index (χ4v) is 4.82. The van der Waals surface area contributed by atoms with Crippen molar-refractivity contribution in [2.75, 3.05) is 33.3 Å². The largest absolute Gasteiger partial charge is 0.378 e. The number of hydrogen-bond donors (Lipinski definition) is 1. The first-order valence-electron chi connectivity index (χ1n) is 11.0. The van der Waals surface area contributed by atoms with Crippen LogP contribution in [0.25, 0.3) is 0 Å². The monoisotopic (exact) mass is 369 g/mol. The molecule has 2 saturated carbocycles. The van der Waals surface area contributed by atoms with Crippen molar-refractivity contribution in [1.29, 1.82) is 0 Å². The highest BCUT2D eigenvalue weighted by Gasteiger charge is 2.38. The Kier molecular flexibility index (Phi) is 6.33. The van der Waals surface area contributed by atoms with E-state index in [0.29, 0.717) is 6.10 Å². The van der Waals surface area contributed by atoms with Crippen LogP contribution in [0, 0.1) is 11.8 Å². The standard InChI is InChI=1S/C23H35N3O/c1-24-23(25-16-20-15-22(20)19-9-3-2-4-10-19)26-13-11-21(12-14-26)27-17-18-7-5-6-8-18/h2-4,9-10,18,20-22H,5-8,11-17H2,1H3,(H,24,25). The highest BCUT2D eigenvalue weighted by Crippen LogP contribution is 2.46. The number of nitrogens with one attached hydrogen (secondary N) is 1. The molecule has 0 spiro atoms. The van der Waals surface area contributed by atoms with E-state index < -0.39 is 0 Å². The van der Waals surface area contributed by atoms with E-state index in [4.69, 9.17) is 4.74 Å². The van der Waals surface area contributed by atoms with E-state index in [1.807, 2.05) is 7.05 Å². The SMILES string of the molecule is CN=C(NCC1CC1c1ccccc1)N1CCC(OCC2CCCC2)CC1. The van der Waals surface area contributed by atoms with Gasteiger partial charge in [0.15, 0.2) is 5.96 Å². The zero-order chi connectivity index (χ0) is 18.5. The second-order valence-corrected chi connectivity index (χ2v) is 8.61. The highest BCUT2D eigenvalue weighted by atomic mass is 16.5. The predicted octanol–water partition coefficient (Wildman–Crippen LogP) is 4.04. The summed E-state index contributed by atoms with van der Waals surface area (Å²) < 4.78 is 6.21. The van der Waals surface area contributed by atoms with Crippen molar-refractivity contribution in [2.45, 2.75) is 57.0 Å². The normalized spacial score (nSPS) is 27.1. The average molecular weight is 370 g/mol. The number of benzene rings is 1. The minimum atomic E-state index is 0.450. The van der Waals surface area contributed by atoms with Gasteiger partial charge in [-0.25, -0.2) is 0 Å². The van der Waals surface area contributed by atoms with Crippen LogP contribution < -0.4 is 5.32 Å². The summed E-state index contributed by atoms with van der Waals surface area (Å²) in [5.74, 6) is 3.37. The lowest BCUT2D eigenvalue weighted by Crippen LogP contribution is -2.47. The fraction of sp³-hybridized carbons (Fsp3) is 0.696. The van der Waals surface area contributed by atoms with Gasteiger partial charge < -0.3 is 15.0 Å². The average Bonchev–Trinajstić information content (AvgIpc) is 3.31. The molecule has 1 saturated heterocycles. The van der Waals surface area contributed by atoms with Crippen LogP contribution in [0.3, 0.4) is 0 Å². The lowest BCUT2D eigenvalue weighted by Gasteiger charge is -2.34. The van der Waals surface area contributed by atoms with E-state index in [0.717, 1.165) is 62.8 Å². The van der Waals surface area contributed by atoms with Gasteiger partial charge in [0.2, 0.25) is 0 Å². The Bertz CT molecular complexity index is 603. The summed E-state index contributed by atoms with van der Waals surface area (Å²) in [6.07, 6.45) is 9.56. The Morgan fingerprint density at radius 3 is 2.56 bits per heavy atom. The van der Waals surface area contributed by atoms with Crippen LogP contribution in [-0.4, -0.2) is 50.3 Å². The molecule has 0 radical (unpaired) electrons. The van der Waals surface area contributed by atoms with Crippen LogP contribution in [0.15, 0.2) is 35.3 Å². The van der Waals surface area contributed by atoms with E-state index in [2.05, 4.69) is 45.5 Å². The van der Waals surface area contributed by atoms with Crippen molar-refractivity contribution in [3.8, 4) is 0 Å². The van der Waals surface area contributed by atoms with E-state index in [-0.39, 0.29) is 0 Å². The van der Waals surface area contributed by atoms with Crippen molar-refractivity contribution < 1.29 is 4.74 Å². The molecule has 148 valence electrons. The molecular formula is C23H35N3O. The molecule has 3 fully saturated rings. The number of ether oxygens (including phenoxy) is 1. The number of piperidine rings is 1. The highest BCUT2D eigenvalue weighted by molar-refractivity contribution is 5.80. The van der Waals surface area contributed by atoms with Crippen LogP contribution in [0.5, 0.6) is 0 Å². The molecule has 0 aromatic heterocycles. The van der Waals surface area contributed by atoms with Gasteiger partial charge in [0.1, 0.15) is 0 Å². The van der Waals surface area contributed by atoms with Crippen LogP contribution in [0.4, 0.5) is 0 Å². The van der Waals surface area contributed by atoms with Gasteiger partial charge in [-0.1, -0.05) is 43.2 Å². The third kappa shape index (κ3) is 5.04. The van der Waals surface area contributed by atoms with E-state index in [1.165, 1.54) is 37.7 Å². The maximum Gasteiger partial charge on any atom is 0.193 e. The van der Waals surface area contributed by atoms with Gasteiger partial charge in [-0.3, -0.25) is 4.99 Å². The number of rotatable bonds is 6. The zero-order valence-electron chi connectivity index (χ0n) is 16.8. The summed E-state index contributed by atoms with van der Waals surface area (Å²) in [4.78, 5) is 6.95. The number of aliphatic imine (C=N–C) groups is 1. The molecule has 1 heterocycles. The smallest absolute Gasteiger partial charge is 0.193 e. The lowest BCUT2D eigenvalue weighted by atomic mass is 10.1. The van der Waals surface area contributed by atoms with Crippen molar-refractivity contribution >= 4 is 5.96 Å². The van der Waals surface area contributed by atoms with Gasteiger partial charge in [0.05, 0.1) is 6.10 Å². The summed E-state index contributed by atoms with van der Waals surface area (Å²) in [7, 11) is 1.91. The molecule has 0 bridgehead atoms. The number of nitrogens with zero attached hydrogens (tertiary/aromatic N) is 2. The molecule has 2 unspecified atom stereocenters. The Labute approximate surface area is 164 Å². The van der Waals surface area contributed by atoms with Gasteiger partial charge in [-0.05, 0) is 55.4 Å². The lowest BCUT2D eigenvalue weighted by molar-refractivity contribution is 0.00101. The topological polar surface area (TPSA) is 36.9 Å². The molecular weight excluding hydrogens is 334 g/mol. The second kappa shape index (κ2) is 9.09. The van der Waals surface area contributed by atoms with Gasteiger partial charge in [0.25, 0.3) is 0 Å². The molecule has 1 N–H and O–H groups in total. The van der Waals surface area contributed by atoms with E-state index in [1.54, 1.807) is 0 Å². The fourth-order valence-electron chi connectivity index (χ4n) is 4.82. The number of hydrogen-bond acceptors (Lipinski definition) is 2. The Morgan fingerprint density at radius 2 is 1.85 bits per heavy atom. The zero-order valence-corrected chi connectivity index (χ0v) is 16.8. The molecule has 1 aliphatic heterocycles. The second-order valence-electron chi connectivity index (χ2n) is 8.61. The van der Waals surface area contributed by atoms with Gasteiger partial charge in [0, 0.05) is 33.3 Å². The third-order valence-electron chi connectivity index (χ3n) is 6.67. The summed E-state index contributed by atoms with van der Waals surface area (Å²) in [6, 6.07) is 10.9. The first kappa shape index (κ1) is 18.8. The number of guanidine groups is 1. The van der Waals surface area contributed by atoms with Crippen molar-refractivity contribution in [2.24, 2.45) is 16.8 Å².